The first-order valence-corrected chi connectivity index (χ1v) is 10.5. The molecule has 0 saturated carbocycles. The van der Waals surface area contributed by atoms with Crippen molar-refractivity contribution >= 4 is 29.1 Å². The molecule has 2 N–H and O–H groups in total. The minimum Gasteiger partial charge on any atom is -0.347 e. The number of halogens is 1. The van der Waals surface area contributed by atoms with Crippen molar-refractivity contribution in [1.82, 2.24) is 15.5 Å². The van der Waals surface area contributed by atoms with Crippen LogP contribution < -0.4 is 10.6 Å². The van der Waals surface area contributed by atoms with Crippen molar-refractivity contribution in [3.63, 3.8) is 0 Å². The lowest BCUT2D eigenvalue weighted by atomic mass is 9.85. The van der Waals surface area contributed by atoms with Crippen LogP contribution in [0, 0.1) is 12.7 Å². The fourth-order valence-electron chi connectivity index (χ4n) is 3.59. The molecule has 30 heavy (non-hydrogen) atoms. The van der Waals surface area contributed by atoms with Gasteiger partial charge < -0.3 is 15.5 Å². The first-order chi connectivity index (χ1) is 14.4. The van der Waals surface area contributed by atoms with Crippen LogP contribution in [0.4, 0.5) is 4.39 Å². The van der Waals surface area contributed by atoms with Gasteiger partial charge in [-0.3, -0.25) is 14.4 Å². The molecular formula is C22H24FN3O3S. The topological polar surface area (TPSA) is 78.5 Å². The second kappa shape index (κ2) is 9.67. The van der Waals surface area contributed by atoms with Gasteiger partial charge in [0.05, 0.1) is 17.5 Å². The molecule has 1 aliphatic heterocycles. The summed E-state index contributed by atoms with van der Waals surface area (Å²) < 4.78 is 13.3. The van der Waals surface area contributed by atoms with Crippen LogP contribution in [0.2, 0.25) is 0 Å². The van der Waals surface area contributed by atoms with Gasteiger partial charge in [-0.15, -0.1) is 11.3 Å². The van der Waals surface area contributed by atoms with Crippen LogP contribution >= 0.6 is 11.3 Å². The van der Waals surface area contributed by atoms with E-state index in [9.17, 15) is 18.8 Å². The molecule has 158 valence electrons. The fraction of sp³-hybridized carbons (Fsp3) is 0.318. The van der Waals surface area contributed by atoms with Crippen molar-refractivity contribution in [3.8, 4) is 0 Å². The van der Waals surface area contributed by atoms with Crippen molar-refractivity contribution in [2.75, 3.05) is 19.6 Å². The molecule has 0 unspecified atom stereocenters. The molecule has 1 saturated heterocycles. The molecule has 0 bridgehead atoms. The highest BCUT2D eigenvalue weighted by Crippen LogP contribution is 2.29. The first-order valence-electron chi connectivity index (χ1n) is 9.68. The van der Waals surface area contributed by atoms with Gasteiger partial charge in [-0.2, -0.15) is 0 Å². The zero-order chi connectivity index (χ0) is 21.7. The van der Waals surface area contributed by atoms with Crippen molar-refractivity contribution in [3.05, 3.63) is 70.2 Å². The molecule has 0 aliphatic carbocycles. The summed E-state index contributed by atoms with van der Waals surface area (Å²) in [5.41, 5.74) is 0.902. The Kier molecular flexibility index (Phi) is 6.99. The smallest absolute Gasteiger partial charge is 0.261 e. The minimum atomic E-state index is -0.339. The van der Waals surface area contributed by atoms with E-state index >= 15 is 0 Å². The van der Waals surface area contributed by atoms with Gasteiger partial charge in [0.1, 0.15) is 5.82 Å². The summed E-state index contributed by atoms with van der Waals surface area (Å²) in [5, 5.41) is 5.54. The molecule has 0 radical (unpaired) electrons. The monoisotopic (exact) mass is 429 g/mol. The van der Waals surface area contributed by atoms with Crippen LogP contribution in [0.15, 0.2) is 49.1 Å². The number of carbonyl (C=O) groups excluding carboxylic acids is 3. The summed E-state index contributed by atoms with van der Waals surface area (Å²) in [7, 11) is 0. The highest BCUT2D eigenvalue weighted by Gasteiger charge is 2.33. The lowest BCUT2D eigenvalue weighted by molar-refractivity contribution is -0.132. The number of nitrogens with one attached hydrogen (secondary N) is 2. The summed E-state index contributed by atoms with van der Waals surface area (Å²) >= 11 is 1.37. The normalized spacial score (nSPS) is 18.5. The van der Waals surface area contributed by atoms with Crippen LogP contribution in [0.1, 0.15) is 32.5 Å². The third-order valence-corrected chi connectivity index (χ3v) is 6.14. The Balaban J connectivity index is 1.64. The Bertz CT molecular complexity index is 941. The average Bonchev–Trinajstić information content (AvgIpc) is 3.18. The summed E-state index contributed by atoms with van der Waals surface area (Å²) in [6.07, 6.45) is 1.79. The van der Waals surface area contributed by atoms with Gasteiger partial charge in [0.25, 0.3) is 5.91 Å². The molecule has 1 aromatic carbocycles. The molecule has 0 spiro atoms. The van der Waals surface area contributed by atoms with E-state index in [1.165, 1.54) is 29.5 Å². The number of piperidine rings is 1. The largest absolute Gasteiger partial charge is 0.347 e. The predicted molar refractivity (Wildman–Crippen MR) is 114 cm³/mol. The number of aryl methyl sites for hydroxylation is 1. The van der Waals surface area contributed by atoms with Crippen LogP contribution in [-0.4, -0.2) is 48.3 Å². The van der Waals surface area contributed by atoms with Gasteiger partial charge in [0.15, 0.2) is 0 Å². The fourth-order valence-corrected chi connectivity index (χ4v) is 4.37. The van der Waals surface area contributed by atoms with E-state index in [-0.39, 0.29) is 42.0 Å². The highest BCUT2D eigenvalue weighted by molar-refractivity contribution is 7.13. The standard InChI is InChI=1S/C22H24FN3O3S/c1-3-20(27)25-18-13-26(11-10-17(18)15-5-7-16(23)8-6-15)21(28)12-24-22(29)19-9-4-14(2)30-19/h3-9,17-18H,1,10-13H2,2H3,(H,24,29)(H,25,27)/t17-,18+/m1/s1. The second-order valence-corrected chi connectivity index (χ2v) is 8.49. The molecule has 2 heterocycles. The van der Waals surface area contributed by atoms with E-state index < -0.39 is 0 Å². The van der Waals surface area contributed by atoms with E-state index in [1.54, 1.807) is 23.1 Å². The number of carbonyl (C=O) groups is 3. The summed E-state index contributed by atoms with van der Waals surface area (Å²) in [5.74, 6) is -1.20. The van der Waals surface area contributed by atoms with Crippen LogP contribution in [0.25, 0.3) is 0 Å². The number of benzene rings is 1. The number of likely N-dealkylation sites (tertiary alicyclic amines) is 1. The summed E-state index contributed by atoms with van der Waals surface area (Å²) in [6.45, 7) is 6.06. The molecule has 3 rings (SSSR count). The Morgan fingerprint density at radius 1 is 1.23 bits per heavy atom. The maximum Gasteiger partial charge on any atom is 0.261 e. The number of rotatable bonds is 6. The zero-order valence-electron chi connectivity index (χ0n) is 16.7. The maximum atomic E-state index is 13.3. The van der Waals surface area contributed by atoms with E-state index in [0.29, 0.717) is 24.4 Å². The lowest BCUT2D eigenvalue weighted by Crippen LogP contribution is -2.54. The van der Waals surface area contributed by atoms with Crippen molar-refractivity contribution < 1.29 is 18.8 Å². The van der Waals surface area contributed by atoms with Crippen LogP contribution in [0.3, 0.4) is 0 Å². The number of amides is 3. The molecule has 2 atom stereocenters. The zero-order valence-corrected chi connectivity index (χ0v) is 17.5. The van der Waals surface area contributed by atoms with Crippen molar-refractivity contribution in [2.45, 2.75) is 25.3 Å². The Labute approximate surface area is 178 Å². The van der Waals surface area contributed by atoms with Gasteiger partial charge >= 0.3 is 0 Å². The highest BCUT2D eigenvalue weighted by atomic mass is 32.1. The molecule has 6 nitrogen and oxygen atoms in total. The Morgan fingerprint density at radius 3 is 2.60 bits per heavy atom. The number of nitrogens with zero attached hydrogens (tertiary/aromatic N) is 1. The van der Waals surface area contributed by atoms with Gasteiger partial charge in [-0.05, 0) is 49.2 Å². The average molecular weight is 430 g/mol. The third-order valence-electron chi connectivity index (χ3n) is 5.14. The maximum absolute atomic E-state index is 13.3. The van der Waals surface area contributed by atoms with E-state index in [1.807, 2.05) is 13.0 Å². The minimum absolute atomic E-state index is 0.0535. The van der Waals surface area contributed by atoms with E-state index in [4.69, 9.17) is 0 Å². The summed E-state index contributed by atoms with van der Waals surface area (Å²) in [6, 6.07) is 9.43. The van der Waals surface area contributed by atoms with Crippen LogP contribution in [-0.2, 0) is 9.59 Å². The molecule has 3 amide bonds. The molecule has 2 aromatic rings. The molecular weight excluding hydrogens is 405 g/mol. The first kappa shape index (κ1) is 21.7. The van der Waals surface area contributed by atoms with E-state index in [0.717, 1.165) is 10.4 Å². The second-order valence-electron chi connectivity index (χ2n) is 7.20. The third kappa shape index (κ3) is 5.33. The molecule has 1 aliphatic rings. The van der Waals surface area contributed by atoms with Gasteiger partial charge in [-0.25, -0.2) is 4.39 Å². The van der Waals surface area contributed by atoms with Gasteiger partial charge in [0.2, 0.25) is 11.8 Å². The molecule has 1 fully saturated rings. The van der Waals surface area contributed by atoms with E-state index in [2.05, 4.69) is 17.2 Å². The van der Waals surface area contributed by atoms with Gasteiger partial charge in [0, 0.05) is 23.9 Å². The Morgan fingerprint density at radius 2 is 1.97 bits per heavy atom. The number of hydrogen-bond donors (Lipinski definition) is 2. The Hall–Kier alpha value is -3.00. The van der Waals surface area contributed by atoms with Crippen molar-refractivity contribution in [1.29, 1.82) is 0 Å². The summed E-state index contributed by atoms with van der Waals surface area (Å²) in [4.78, 5) is 40.0. The van der Waals surface area contributed by atoms with Crippen LogP contribution in [0.5, 0.6) is 0 Å². The quantitative estimate of drug-likeness (QED) is 0.693. The lowest BCUT2D eigenvalue weighted by Gasteiger charge is -2.39. The predicted octanol–water partition coefficient (Wildman–Crippen LogP) is 2.61. The SMILES string of the molecule is C=CC(=O)N[C@H]1CN(C(=O)CNC(=O)c2ccc(C)s2)CC[C@@H]1c1ccc(F)cc1. The number of thiophene rings is 1. The molecule has 1 aromatic heterocycles. The number of hydrogen-bond acceptors (Lipinski definition) is 4. The van der Waals surface area contributed by atoms with Crippen molar-refractivity contribution in [2.24, 2.45) is 0 Å². The molecule has 8 heteroatoms. The van der Waals surface area contributed by atoms with Gasteiger partial charge in [-0.1, -0.05) is 18.7 Å².